The van der Waals surface area contributed by atoms with Crippen LogP contribution in [0, 0.1) is 6.92 Å². The Balaban J connectivity index is 2.39. The lowest BCUT2D eigenvalue weighted by molar-refractivity contribution is 0.354. The van der Waals surface area contributed by atoms with E-state index in [1.54, 1.807) is 26.0 Å². The molecule has 0 heterocycles. The second-order valence-electron chi connectivity index (χ2n) is 4.70. The van der Waals surface area contributed by atoms with Gasteiger partial charge < -0.3 is 9.47 Å². The third kappa shape index (κ3) is 3.55. The maximum Gasteiger partial charge on any atom is 0.161 e. The maximum atomic E-state index is 5.41. The minimum atomic E-state index is 0.133. The van der Waals surface area contributed by atoms with Crippen molar-refractivity contribution < 1.29 is 9.47 Å². The molecular weight excluding hydrogens is 348 g/mol. The van der Waals surface area contributed by atoms with Gasteiger partial charge >= 0.3 is 0 Å². The maximum absolute atomic E-state index is 5.41. The van der Waals surface area contributed by atoms with E-state index >= 15 is 0 Å². The van der Waals surface area contributed by atoms with Gasteiger partial charge in [-0.25, -0.2) is 0 Å². The normalized spacial score (nSPS) is 12.0. The van der Waals surface area contributed by atoms with Crippen molar-refractivity contribution in [3.8, 4) is 11.5 Å². The molecule has 0 amide bonds. The van der Waals surface area contributed by atoms with Crippen LogP contribution in [0.2, 0.25) is 0 Å². The van der Waals surface area contributed by atoms with Gasteiger partial charge in [-0.05, 0) is 54.1 Å². The number of hydrogen-bond acceptors (Lipinski definition) is 3. The number of hydrogen-bond donors (Lipinski definition) is 0. The van der Waals surface area contributed by atoms with Crippen molar-refractivity contribution in [2.75, 3.05) is 20.5 Å². The predicted octanol–water partition coefficient (Wildman–Crippen LogP) is 5.22. The quantitative estimate of drug-likeness (QED) is 0.533. The Morgan fingerprint density at radius 2 is 1.57 bits per heavy atom. The van der Waals surface area contributed by atoms with E-state index in [0.717, 1.165) is 11.5 Å². The lowest BCUT2D eigenvalue weighted by Gasteiger charge is -2.17. The van der Waals surface area contributed by atoms with Gasteiger partial charge in [0.1, 0.15) is 0 Å². The molecule has 0 aliphatic heterocycles. The summed E-state index contributed by atoms with van der Waals surface area (Å²) in [5.41, 5.74) is 3.58. The monoisotopic (exact) mass is 366 g/mol. The fourth-order valence-corrected chi connectivity index (χ4v) is 3.43. The number of ether oxygens (including phenoxy) is 2. The molecule has 0 radical (unpaired) electrons. The lowest BCUT2D eigenvalue weighted by Crippen LogP contribution is -1.99. The summed E-state index contributed by atoms with van der Waals surface area (Å²) >= 11 is 5.55. The summed E-state index contributed by atoms with van der Waals surface area (Å²) in [4.78, 5) is 1.40. The number of benzene rings is 2. The summed E-state index contributed by atoms with van der Waals surface area (Å²) < 4.78 is 10.7. The highest BCUT2D eigenvalue weighted by molar-refractivity contribution is 9.09. The van der Waals surface area contributed by atoms with Gasteiger partial charge in [0.05, 0.1) is 19.0 Å². The van der Waals surface area contributed by atoms with Crippen LogP contribution in [-0.4, -0.2) is 20.5 Å². The first-order chi connectivity index (χ1) is 10.1. The number of thioether (sulfide) groups is 1. The van der Waals surface area contributed by atoms with Crippen LogP contribution in [0.15, 0.2) is 41.3 Å². The van der Waals surface area contributed by atoms with Crippen LogP contribution >= 0.6 is 27.7 Å². The minimum Gasteiger partial charge on any atom is -0.493 e. The van der Waals surface area contributed by atoms with Crippen molar-refractivity contribution in [2.45, 2.75) is 16.6 Å². The third-order valence-corrected chi connectivity index (χ3v) is 5.22. The molecule has 0 aliphatic rings. The summed E-state index contributed by atoms with van der Waals surface area (Å²) in [5, 5.41) is 0. The summed E-state index contributed by atoms with van der Waals surface area (Å²) in [6.45, 7) is 2.09. The third-order valence-electron chi connectivity index (χ3n) is 3.45. The molecule has 1 unspecified atom stereocenters. The fraction of sp³-hybridized carbons (Fsp3) is 0.294. The van der Waals surface area contributed by atoms with Crippen LogP contribution in [0.5, 0.6) is 11.5 Å². The van der Waals surface area contributed by atoms with Crippen molar-refractivity contribution in [3.05, 3.63) is 53.1 Å². The largest absolute Gasteiger partial charge is 0.493 e. The van der Waals surface area contributed by atoms with E-state index in [2.05, 4.69) is 53.4 Å². The molecule has 0 saturated carbocycles. The second kappa shape index (κ2) is 7.23. The van der Waals surface area contributed by atoms with Crippen molar-refractivity contribution in [3.63, 3.8) is 0 Å². The number of alkyl halides is 1. The Kier molecular flexibility index (Phi) is 5.59. The van der Waals surface area contributed by atoms with Gasteiger partial charge in [0.15, 0.2) is 11.5 Å². The molecule has 0 spiro atoms. The zero-order chi connectivity index (χ0) is 15.4. The predicted molar refractivity (Wildman–Crippen MR) is 93.3 cm³/mol. The Hall–Kier alpha value is -1.13. The van der Waals surface area contributed by atoms with Crippen molar-refractivity contribution in [1.29, 1.82) is 0 Å². The molecule has 2 aromatic rings. The molecule has 2 rings (SSSR count). The van der Waals surface area contributed by atoms with E-state index in [-0.39, 0.29) is 4.83 Å². The Bertz CT molecular complexity index is 611. The Labute approximate surface area is 139 Å². The van der Waals surface area contributed by atoms with Gasteiger partial charge in [0.2, 0.25) is 0 Å². The topological polar surface area (TPSA) is 18.5 Å². The molecule has 0 aliphatic carbocycles. The number of aryl methyl sites for hydroxylation is 1. The molecule has 21 heavy (non-hydrogen) atoms. The fourth-order valence-electron chi connectivity index (χ4n) is 2.22. The van der Waals surface area contributed by atoms with Gasteiger partial charge in [-0.2, -0.15) is 0 Å². The molecule has 112 valence electrons. The first-order valence-electron chi connectivity index (χ1n) is 6.61. The zero-order valence-electron chi connectivity index (χ0n) is 12.6. The molecule has 0 N–H and O–H groups in total. The highest BCUT2D eigenvalue weighted by Gasteiger charge is 2.16. The van der Waals surface area contributed by atoms with Crippen molar-refractivity contribution in [2.24, 2.45) is 0 Å². The smallest absolute Gasteiger partial charge is 0.161 e. The van der Waals surface area contributed by atoms with Crippen LogP contribution in [0.1, 0.15) is 21.5 Å². The molecule has 4 heteroatoms. The van der Waals surface area contributed by atoms with E-state index in [4.69, 9.17) is 9.47 Å². The van der Waals surface area contributed by atoms with E-state index in [1.165, 1.54) is 21.6 Å². The van der Waals surface area contributed by atoms with Crippen molar-refractivity contribution in [1.82, 2.24) is 0 Å². The molecule has 1 atom stereocenters. The number of rotatable bonds is 5. The average Bonchev–Trinajstić information content (AvgIpc) is 2.54. The van der Waals surface area contributed by atoms with Crippen molar-refractivity contribution >= 4 is 27.7 Å². The Morgan fingerprint density at radius 1 is 1.00 bits per heavy atom. The number of halogens is 1. The standard InChI is InChI=1S/C17H19BrO2S/c1-11-9-15(19-2)16(20-3)10-14(11)17(18)12-5-7-13(21-4)8-6-12/h5-10,17H,1-4H3. The zero-order valence-corrected chi connectivity index (χ0v) is 15.0. The second-order valence-corrected chi connectivity index (χ2v) is 6.49. The van der Waals surface area contributed by atoms with E-state index in [0.29, 0.717) is 0 Å². The van der Waals surface area contributed by atoms with Crippen LogP contribution in [-0.2, 0) is 0 Å². The van der Waals surface area contributed by atoms with Gasteiger partial charge in [0, 0.05) is 4.90 Å². The summed E-state index contributed by atoms with van der Waals surface area (Å²) in [5.74, 6) is 1.51. The van der Waals surface area contributed by atoms with Gasteiger partial charge in [-0.3, -0.25) is 0 Å². The summed E-state index contributed by atoms with van der Waals surface area (Å²) in [7, 11) is 3.32. The lowest BCUT2D eigenvalue weighted by atomic mass is 9.99. The molecule has 0 saturated heterocycles. The molecule has 2 nitrogen and oxygen atoms in total. The molecule has 0 fully saturated rings. The molecule has 0 bridgehead atoms. The molecule has 0 aromatic heterocycles. The SMILES string of the molecule is COc1cc(C)c(C(Br)c2ccc(SC)cc2)cc1OC. The van der Waals surface area contributed by atoms with Gasteiger partial charge in [0.25, 0.3) is 0 Å². The minimum absolute atomic E-state index is 0.133. The summed E-state index contributed by atoms with van der Waals surface area (Å²) in [6, 6.07) is 12.6. The number of methoxy groups -OCH3 is 2. The van der Waals surface area contributed by atoms with Crippen LogP contribution in [0.25, 0.3) is 0 Å². The van der Waals surface area contributed by atoms with Gasteiger partial charge in [-0.15, -0.1) is 11.8 Å². The molecular formula is C17H19BrO2S. The van der Waals surface area contributed by atoms with Gasteiger partial charge in [-0.1, -0.05) is 28.1 Å². The highest BCUT2D eigenvalue weighted by atomic mass is 79.9. The van der Waals surface area contributed by atoms with E-state index in [1.807, 2.05) is 12.1 Å². The molecule has 2 aromatic carbocycles. The highest BCUT2D eigenvalue weighted by Crippen LogP contribution is 2.39. The average molecular weight is 367 g/mol. The van der Waals surface area contributed by atoms with Crippen LogP contribution in [0.4, 0.5) is 0 Å². The first kappa shape index (κ1) is 16.2. The first-order valence-corrected chi connectivity index (χ1v) is 8.75. The summed E-state index contributed by atoms with van der Waals surface area (Å²) in [6.07, 6.45) is 2.08. The van der Waals surface area contributed by atoms with E-state index < -0.39 is 0 Å². The Morgan fingerprint density at radius 3 is 2.10 bits per heavy atom. The van der Waals surface area contributed by atoms with Crippen LogP contribution < -0.4 is 9.47 Å². The van der Waals surface area contributed by atoms with Crippen LogP contribution in [0.3, 0.4) is 0 Å². The van der Waals surface area contributed by atoms with E-state index in [9.17, 15) is 0 Å².